The highest BCUT2D eigenvalue weighted by Gasteiger charge is 2.30. The fraction of sp³-hybridized carbons (Fsp3) is 0.389. The molecule has 4 rings (SSSR count). The van der Waals surface area contributed by atoms with Crippen molar-refractivity contribution in [1.82, 2.24) is 15.6 Å². The van der Waals surface area contributed by atoms with E-state index in [4.69, 9.17) is 0 Å². The molecule has 1 aliphatic heterocycles. The minimum Gasteiger partial charge on any atom is -0.355 e. The summed E-state index contributed by atoms with van der Waals surface area (Å²) < 4.78 is 0. The zero-order valence-corrected chi connectivity index (χ0v) is 14.4. The van der Waals surface area contributed by atoms with Crippen molar-refractivity contribution in [3.8, 4) is 0 Å². The Balaban J connectivity index is 1.54. The van der Waals surface area contributed by atoms with Crippen molar-refractivity contribution in [3.63, 3.8) is 0 Å². The van der Waals surface area contributed by atoms with Crippen LogP contribution in [0.25, 0.3) is 0 Å². The maximum absolute atomic E-state index is 12.0. The Morgan fingerprint density at radius 1 is 1.21 bits per heavy atom. The van der Waals surface area contributed by atoms with E-state index < -0.39 is 0 Å². The molecule has 3 N–H and O–H groups in total. The van der Waals surface area contributed by atoms with Crippen LogP contribution >= 0.6 is 12.6 Å². The van der Waals surface area contributed by atoms with Crippen LogP contribution in [0.15, 0.2) is 36.5 Å². The number of hydrogen-bond donors (Lipinski definition) is 4. The summed E-state index contributed by atoms with van der Waals surface area (Å²) in [4.78, 5) is 17.1. The fourth-order valence-corrected chi connectivity index (χ4v) is 3.61. The number of hydrogen-bond acceptors (Lipinski definition) is 4. The summed E-state index contributed by atoms with van der Waals surface area (Å²) in [5, 5.41) is 6.52. The molecule has 1 aromatic heterocycles. The summed E-state index contributed by atoms with van der Waals surface area (Å²) in [5.74, 6) is -0.105. The van der Waals surface area contributed by atoms with Gasteiger partial charge in [0.1, 0.15) is 11.2 Å². The molecule has 2 heterocycles. The lowest BCUT2D eigenvalue weighted by Crippen LogP contribution is -2.49. The molecule has 0 saturated heterocycles. The summed E-state index contributed by atoms with van der Waals surface area (Å²) >= 11 is 4.55. The molecule has 1 saturated carbocycles. The molecule has 1 aliphatic carbocycles. The van der Waals surface area contributed by atoms with Crippen molar-refractivity contribution in [3.05, 3.63) is 53.3 Å². The van der Waals surface area contributed by atoms with Gasteiger partial charge in [0.2, 0.25) is 0 Å². The molecule has 24 heavy (non-hydrogen) atoms. The van der Waals surface area contributed by atoms with Crippen LogP contribution in [0.3, 0.4) is 0 Å². The molecule has 126 valence electrons. The summed E-state index contributed by atoms with van der Waals surface area (Å²) in [6, 6.07) is 11.1. The lowest BCUT2D eigenvalue weighted by Gasteiger charge is -2.35. The average Bonchev–Trinajstić information content (AvgIpc) is 3.01. The first-order chi connectivity index (χ1) is 11.7. The van der Waals surface area contributed by atoms with Crippen LogP contribution in [-0.2, 0) is 13.1 Å². The highest BCUT2D eigenvalue weighted by atomic mass is 32.1. The van der Waals surface area contributed by atoms with Gasteiger partial charge in [-0.05, 0) is 30.0 Å². The molecular formula is C18H22N4OS. The number of nitrogens with zero attached hydrogens (tertiary/aromatic N) is 1. The van der Waals surface area contributed by atoms with Crippen LogP contribution in [0, 0.1) is 0 Å². The van der Waals surface area contributed by atoms with Gasteiger partial charge in [-0.15, -0.1) is 12.6 Å². The Labute approximate surface area is 147 Å². The van der Waals surface area contributed by atoms with Crippen LogP contribution in [0.1, 0.15) is 40.9 Å². The Hall–Kier alpha value is -1.92. The Kier molecular flexibility index (Phi) is 4.24. The molecule has 5 nitrogen and oxygen atoms in total. The molecular weight excluding hydrogens is 320 g/mol. The van der Waals surface area contributed by atoms with Crippen molar-refractivity contribution in [2.45, 2.75) is 43.9 Å². The number of benzene rings is 1. The predicted molar refractivity (Wildman–Crippen MR) is 98.1 cm³/mol. The van der Waals surface area contributed by atoms with E-state index in [1.807, 2.05) is 6.07 Å². The van der Waals surface area contributed by atoms with E-state index in [2.05, 4.69) is 57.4 Å². The molecule has 1 aromatic carbocycles. The van der Waals surface area contributed by atoms with Crippen molar-refractivity contribution in [2.75, 3.05) is 4.90 Å². The van der Waals surface area contributed by atoms with Crippen molar-refractivity contribution in [1.29, 1.82) is 0 Å². The van der Waals surface area contributed by atoms with Crippen LogP contribution in [0.4, 0.5) is 5.69 Å². The van der Waals surface area contributed by atoms with Crippen LogP contribution in [-0.4, -0.2) is 22.4 Å². The zero-order valence-electron chi connectivity index (χ0n) is 13.5. The number of aromatic nitrogens is 1. The molecule has 0 radical (unpaired) electrons. The van der Waals surface area contributed by atoms with Gasteiger partial charge in [-0.2, -0.15) is 0 Å². The number of nitrogens with one attached hydrogen (secondary N) is 3. The number of anilines is 1. The third kappa shape index (κ3) is 2.91. The van der Waals surface area contributed by atoms with E-state index >= 15 is 0 Å². The molecule has 6 heteroatoms. The lowest BCUT2D eigenvalue weighted by molar-refractivity contribution is 0.0938. The number of carbonyl (C=O) groups is 1. The largest absolute Gasteiger partial charge is 0.355 e. The maximum Gasteiger partial charge on any atom is 0.272 e. The van der Waals surface area contributed by atoms with Crippen molar-refractivity contribution < 1.29 is 4.79 Å². The van der Waals surface area contributed by atoms with Gasteiger partial charge in [-0.1, -0.05) is 30.7 Å². The summed E-state index contributed by atoms with van der Waals surface area (Å²) in [5.41, 5.74) is 3.74. The number of carbonyl (C=O) groups excluding carboxylic acids is 1. The lowest BCUT2D eigenvalue weighted by atomic mass is 9.93. The minimum absolute atomic E-state index is 0.105. The van der Waals surface area contributed by atoms with Gasteiger partial charge in [-0.25, -0.2) is 0 Å². The smallest absolute Gasteiger partial charge is 0.272 e. The van der Waals surface area contributed by atoms with Gasteiger partial charge in [0, 0.05) is 25.3 Å². The highest BCUT2D eigenvalue weighted by Crippen LogP contribution is 2.29. The Morgan fingerprint density at radius 2 is 2.00 bits per heavy atom. The monoisotopic (exact) mass is 342 g/mol. The van der Waals surface area contributed by atoms with Crippen LogP contribution < -0.4 is 15.5 Å². The van der Waals surface area contributed by atoms with Gasteiger partial charge in [0.15, 0.2) is 0 Å². The van der Waals surface area contributed by atoms with Gasteiger partial charge in [0.25, 0.3) is 5.91 Å². The van der Waals surface area contributed by atoms with Gasteiger partial charge < -0.3 is 20.5 Å². The Morgan fingerprint density at radius 3 is 2.75 bits per heavy atom. The summed E-state index contributed by atoms with van der Waals surface area (Å²) in [7, 11) is 0. The van der Waals surface area contributed by atoms with E-state index in [-0.39, 0.29) is 11.4 Å². The number of rotatable bonds is 5. The molecule has 0 spiro atoms. The molecule has 0 bridgehead atoms. The third-order valence-electron chi connectivity index (χ3n) is 4.96. The summed E-state index contributed by atoms with van der Waals surface area (Å²) in [6.45, 7) is 1.60. The van der Waals surface area contributed by atoms with E-state index in [9.17, 15) is 4.79 Å². The van der Waals surface area contributed by atoms with Gasteiger partial charge >= 0.3 is 0 Å². The van der Waals surface area contributed by atoms with Crippen molar-refractivity contribution in [2.24, 2.45) is 0 Å². The minimum atomic E-state index is -0.326. The second-order valence-corrected chi connectivity index (χ2v) is 6.98. The molecule has 1 fully saturated rings. The van der Waals surface area contributed by atoms with E-state index in [0.29, 0.717) is 18.3 Å². The number of fused-ring (bicyclic) bond motifs is 1. The third-order valence-corrected chi connectivity index (χ3v) is 5.37. The average molecular weight is 342 g/mol. The number of thiol groups is 1. The van der Waals surface area contributed by atoms with E-state index in [1.54, 1.807) is 6.20 Å². The Bertz CT molecular complexity index is 740. The second kappa shape index (κ2) is 6.53. The summed E-state index contributed by atoms with van der Waals surface area (Å²) in [6.07, 6.45) is 5.70. The molecule has 2 aliphatic rings. The van der Waals surface area contributed by atoms with Gasteiger partial charge in [0.05, 0.1) is 5.69 Å². The molecule has 1 unspecified atom stereocenters. The highest BCUT2D eigenvalue weighted by molar-refractivity contribution is 7.81. The topological polar surface area (TPSA) is 60.2 Å². The number of amides is 1. The standard InChI is InChI=1S/C18H22N4OS/c23-17-16-15(8-9-19-16)22(18(24)21-17)11-13-5-2-1-4-12(13)10-20-14-6-3-7-14/h1-2,4-5,8-9,14,18-20,24H,3,6-7,10-11H2,(H,21,23). The SMILES string of the molecule is O=C1NC(S)N(Cc2ccccc2CNC2CCC2)c2cc[nH]c21. The first-order valence-electron chi connectivity index (χ1n) is 8.45. The zero-order chi connectivity index (χ0) is 16.5. The molecule has 1 amide bonds. The molecule has 1 atom stereocenters. The quantitative estimate of drug-likeness (QED) is 0.632. The van der Waals surface area contributed by atoms with E-state index in [1.165, 1.54) is 30.4 Å². The number of aromatic amines is 1. The van der Waals surface area contributed by atoms with Crippen molar-refractivity contribution >= 4 is 24.2 Å². The van der Waals surface area contributed by atoms with Gasteiger partial charge in [-0.3, -0.25) is 4.79 Å². The molecule has 2 aromatic rings. The van der Waals surface area contributed by atoms with Crippen LogP contribution in [0.5, 0.6) is 0 Å². The first-order valence-corrected chi connectivity index (χ1v) is 8.97. The van der Waals surface area contributed by atoms with Crippen LogP contribution in [0.2, 0.25) is 0 Å². The maximum atomic E-state index is 12.0. The number of H-pyrrole nitrogens is 1. The fourth-order valence-electron chi connectivity index (χ4n) is 3.29. The predicted octanol–water partition coefficient (Wildman–Crippen LogP) is 2.62. The van der Waals surface area contributed by atoms with E-state index in [0.717, 1.165) is 12.2 Å². The second-order valence-electron chi connectivity index (χ2n) is 6.49. The normalized spacial score (nSPS) is 20.5. The first kappa shape index (κ1) is 15.6.